The minimum Gasteiger partial charge on any atom is -0.465 e. The molecule has 3 heteroatoms. The highest BCUT2D eigenvalue weighted by Crippen LogP contribution is 2.57. The number of ketones is 1. The second kappa shape index (κ2) is 6.23. The van der Waals surface area contributed by atoms with Crippen LogP contribution in [0.2, 0.25) is 0 Å². The largest absolute Gasteiger partial charge is 0.465 e. The number of benzene rings is 1. The zero-order chi connectivity index (χ0) is 17.7. The van der Waals surface area contributed by atoms with E-state index in [9.17, 15) is 4.79 Å². The van der Waals surface area contributed by atoms with E-state index in [1.54, 1.807) is 0 Å². The Kier molecular flexibility index (Phi) is 3.97. The standard InChI is InChI=1S/C23H28O3/c1-23-12-11-18-17-8-6-16(26-22-4-2-3-13-25-22)14-15(17)5-7-19(18)20(23)9-10-21(23)24/h6,8,11,14,19-20,22H,2-5,7,9-10,12-13H2,1H3/t19-,20+,22?,23+/m1/s1. The van der Waals surface area contributed by atoms with E-state index in [0.717, 1.165) is 57.3 Å². The highest BCUT2D eigenvalue weighted by molar-refractivity contribution is 5.89. The number of hydrogen-bond acceptors (Lipinski definition) is 3. The molecule has 0 bridgehead atoms. The Labute approximate surface area is 155 Å². The smallest absolute Gasteiger partial charge is 0.199 e. The highest BCUT2D eigenvalue weighted by atomic mass is 16.7. The van der Waals surface area contributed by atoms with Crippen LogP contribution in [-0.4, -0.2) is 18.7 Å². The second-order valence-corrected chi connectivity index (χ2v) is 8.73. The van der Waals surface area contributed by atoms with Crippen LogP contribution in [0.25, 0.3) is 5.57 Å². The Bertz CT molecular complexity index is 759. The van der Waals surface area contributed by atoms with Crippen molar-refractivity contribution >= 4 is 11.4 Å². The molecule has 2 fully saturated rings. The van der Waals surface area contributed by atoms with Gasteiger partial charge in [0.15, 0.2) is 6.29 Å². The number of ether oxygens (including phenoxy) is 2. The number of allylic oxidation sites excluding steroid dienone is 2. The Morgan fingerprint density at radius 1 is 1.15 bits per heavy atom. The molecule has 3 nitrogen and oxygen atoms in total. The minimum absolute atomic E-state index is 0.0859. The molecule has 0 aromatic heterocycles. The summed E-state index contributed by atoms with van der Waals surface area (Å²) in [6.45, 7) is 3.01. The third-order valence-corrected chi connectivity index (χ3v) is 7.29. The van der Waals surface area contributed by atoms with Crippen molar-refractivity contribution in [2.24, 2.45) is 17.3 Å². The first-order chi connectivity index (χ1) is 12.6. The van der Waals surface area contributed by atoms with Crippen molar-refractivity contribution in [1.82, 2.24) is 0 Å². The Morgan fingerprint density at radius 2 is 2.08 bits per heavy atom. The molecule has 0 N–H and O–H groups in total. The number of hydrogen-bond donors (Lipinski definition) is 0. The summed E-state index contributed by atoms with van der Waals surface area (Å²) in [5, 5.41) is 0. The van der Waals surface area contributed by atoms with E-state index in [4.69, 9.17) is 9.47 Å². The molecule has 1 aromatic carbocycles. The first-order valence-corrected chi connectivity index (χ1v) is 10.3. The van der Waals surface area contributed by atoms with Gasteiger partial charge in [0.1, 0.15) is 11.5 Å². The molecule has 1 unspecified atom stereocenters. The lowest BCUT2D eigenvalue weighted by Gasteiger charge is -2.43. The number of Topliss-reactive ketones (excluding diaryl/α,β-unsaturated/α-hetero) is 1. The van der Waals surface area contributed by atoms with Crippen LogP contribution < -0.4 is 4.74 Å². The predicted molar refractivity (Wildman–Crippen MR) is 101 cm³/mol. The maximum atomic E-state index is 12.4. The summed E-state index contributed by atoms with van der Waals surface area (Å²) in [5.74, 6) is 2.52. The van der Waals surface area contributed by atoms with Gasteiger partial charge in [0.25, 0.3) is 0 Å². The van der Waals surface area contributed by atoms with Crippen molar-refractivity contribution in [3.8, 4) is 5.75 Å². The molecule has 5 rings (SSSR count). The Morgan fingerprint density at radius 3 is 2.92 bits per heavy atom. The molecule has 138 valence electrons. The fourth-order valence-corrected chi connectivity index (χ4v) is 5.76. The van der Waals surface area contributed by atoms with Gasteiger partial charge < -0.3 is 9.47 Å². The quantitative estimate of drug-likeness (QED) is 0.757. The van der Waals surface area contributed by atoms with E-state index in [-0.39, 0.29) is 11.7 Å². The van der Waals surface area contributed by atoms with Crippen LogP contribution >= 0.6 is 0 Å². The number of rotatable bonds is 2. The van der Waals surface area contributed by atoms with Gasteiger partial charge in [-0.3, -0.25) is 4.79 Å². The van der Waals surface area contributed by atoms with Gasteiger partial charge >= 0.3 is 0 Å². The summed E-state index contributed by atoms with van der Waals surface area (Å²) in [5.41, 5.74) is 4.17. The van der Waals surface area contributed by atoms with E-state index in [1.807, 2.05) is 0 Å². The molecule has 0 spiro atoms. The van der Waals surface area contributed by atoms with Gasteiger partial charge in [-0.15, -0.1) is 0 Å². The zero-order valence-corrected chi connectivity index (χ0v) is 15.6. The number of carbonyl (C=O) groups is 1. The van der Waals surface area contributed by atoms with Crippen molar-refractivity contribution in [3.05, 3.63) is 35.4 Å². The molecule has 0 amide bonds. The second-order valence-electron chi connectivity index (χ2n) is 8.73. The number of fused-ring (bicyclic) bond motifs is 5. The van der Waals surface area contributed by atoms with E-state index < -0.39 is 0 Å². The first kappa shape index (κ1) is 16.6. The summed E-state index contributed by atoms with van der Waals surface area (Å²) < 4.78 is 11.8. The molecular weight excluding hydrogens is 324 g/mol. The zero-order valence-electron chi connectivity index (χ0n) is 15.6. The third kappa shape index (κ3) is 2.55. The van der Waals surface area contributed by atoms with E-state index >= 15 is 0 Å². The SMILES string of the molecule is C[C@]12CC=C3c4ccc(OC5CCCCO5)cc4CC[C@H]3[C@@H]1CCC2=O. The monoisotopic (exact) mass is 352 g/mol. The van der Waals surface area contributed by atoms with Gasteiger partial charge in [-0.25, -0.2) is 0 Å². The molecule has 0 radical (unpaired) electrons. The maximum Gasteiger partial charge on any atom is 0.199 e. The van der Waals surface area contributed by atoms with Crippen LogP contribution in [0.5, 0.6) is 5.75 Å². The fourth-order valence-electron chi connectivity index (χ4n) is 5.76. The predicted octanol–water partition coefficient (Wildman–Crippen LogP) is 4.93. The Hall–Kier alpha value is -1.61. The van der Waals surface area contributed by atoms with Crippen LogP contribution in [0.4, 0.5) is 0 Å². The highest BCUT2D eigenvalue weighted by Gasteiger charge is 2.52. The molecule has 1 heterocycles. The van der Waals surface area contributed by atoms with Crippen LogP contribution in [-0.2, 0) is 16.0 Å². The van der Waals surface area contributed by atoms with E-state index in [1.165, 1.54) is 23.1 Å². The summed E-state index contributed by atoms with van der Waals surface area (Å²) in [6, 6.07) is 6.57. The number of aryl methyl sites for hydroxylation is 1. The average Bonchev–Trinajstić information content (AvgIpc) is 2.97. The lowest BCUT2D eigenvalue weighted by atomic mass is 9.60. The van der Waals surface area contributed by atoms with Crippen molar-refractivity contribution in [2.75, 3.05) is 6.61 Å². The van der Waals surface area contributed by atoms with Gasteiger partial charge in [-0.05, 0) is 79.2 Å². The van der Waals surface area contributed by atoms with E-state index in [2.05, 4.69) is 31.2 Å². The molecule has 1 saturated carbocycles. The normalized spacial score (nSPS) is 36.0. The molecular formula is C23H28O3. The lowest BCUT2D eigenvalue weighted by molar-refractivity contribution is -0.126. The molecule has 1 aliphatic heterocycles. The van der Waals surface area contributed by atoms with E-state index in [0.29, 0.717) is 17.6 Å². The van der Waals surface area contributed by atoms with Gasteiger partial charge in [0.05, 0.1) is 6.61 Å². The summed E-state index contributed by atoms with van der Waals surface area (Å²) in [4.78, 5) is 12.4. The first-order valence-electron chi connectivity index (χ1n) is 10.3. The fraction of sp³-hybridized carbons (Fsp3) is 0.609. The van der Waals surface area contributed by atoms with Crippen LogP contribution in [0.3, 0.4) is 0 Å². The Balaban J connectivity index is 1.41. The molecule has 4 aliphatic rings. The third-order valence-electron chi connectivity index (χ3n) is 7.29. The average molecular weight is 352 g/mol. The molecule has 26 heavy (non-hydrogen) atoms. The molecule has 1 saturated heterocycles. The van der Waals surface area contributed by atoms with Gasteiger partial charge in [-0.2, -0.15) is 0 Å². The van der Waals surface area contributed by atoms with Crippen molar-refractivity contribution < 1.29 is 14.3 Å². The van der Waals surface area contributed by atoms with Gasteiger partial charge in [-0.1, -0.05) is 19.1 Å². The summed E-state index contributed by atoms with van der Waals surface area (Å²) in [7, 11) is 0. The van der Waals surface area contributed by atoms with Crippen molar-refractivity contribution in [2.45, 2.75) is 64.6 Å². The van der Waals surface area contributed by atoms with Crippen molar-refractivity contribution in [1.29, 1.82) is 0 Å². The van der Waals surface area contributed by atoms with Crippen LogP contribution in [0, 0.1) is 17.3 Å². The van der Waals surface area contributed by atoms with Crippen molar-refractivity contribution in [3.63, 3.8) is 0 Å². The lowest BCUT2D eigenvalue weighted by Crippen LogP contribution is -2.38. The topological polar surface area (TPSA) is 35.5 Å². The number of carbonyl (C=O) groups excluding carboxylic acids is 1. The minimum atomic E-state index is -0.104. The summed E-state index contributed by atoms with van der Waals surface area (Å²) in [6.07, 6.45) is 10.6. The molecule has 1 aromatic rings. The molecule has 3 aliphatic carbocycles. The van der Waals surface area contributed by atoms with Gasteiger partial charge in [0, 0.05) is 18.3 Å². The van der Waals surface area contributed by atoms with Crippen LogP contribution in [0.1, 0.15) is 63.0 Å². The summed E-state index contributed by atoms with van der Waals surface area (Å²) >= 11 is 0. The van der Waals surface area contributed by atoms with Gasteiger partial charge in [0.2, 0.25) is 0 Å². The maximum absolute atomic E-state index is 12.4. The van der Waals surface area contributed by atoms with Crippen LogP contribution in [0.15, 0.2) is 24.3 Å². The molecule has 4 atom stereocenters.